The van der Waals surface area contributed by atoms with Crippen LogP contribution in [0.15, 0.2) is 108 Å². The van der Waals surface area contributed by atoms with E-state index in [9.17, 15) is 18.0 Å². The molecule has 0 fully saturated rings. The third-order valence-corrected chi connectivity index (χ3v) is 9.39. The van der Waals surface area contributed by atoms with Crippen molar-refractivity contribution in [1.82, 2.24) is 10.2 Å². The van der Waals surface area contributed by atoms with Crippen molar-refractivity contribution in [1.29, 1.82) is 0 Å². The summed E-state index contributed by atoms with van der Waals surface area (Å²) in [5, 5.41) is 3.24. The zero-order chi connectivity index (χ0) is 31.0. The quantitative estimate of drug-likeness (QED) is 0.198. The van der Waals surface area contributed by atoms with E-state index < -0.39 is 28.5 Å². The number of halogens is 2. The Hall–Kier alpha value is -3.85. The molecule has 1 atom stereocenters. The lowest BCUT2D eigenvalue weighted by Gasteiger charge is -2.34. The van der Waals surface area contributed by atoms with Gasteiger partial charge in [0.05, 0.1) is 20.6 Å². The molecule has 0 aliphatic rings. The number of likely N-dealkylation sites (N-methyl/N-ethyl adjacent to an activating group) is 1. The predicted octanol–water partition coefficient (Wildman–Crippen LogP) is 6.27. The summed E-state index contributed by atoms with van der Waals surface area (Å²) < 4.78 is 29.0. The van der Waals surface area contributed by atoms with Crippen LogP contribution in [0, 0.1) is 6.92 Å². The van der Waals surface area contributed by atoms with Crippen LogP contribution in [-0.4, -0.2) is 44.3 Å². The molecule has 4 rings (SSSR count). The van der Waals surface area contributed by atoms with Crippen molar-refractivity contribution in [2.75, 3.05) is 17.4 Å². The lowest BCUT2D eigenvalue weighted by Crippen LogP contribution is -2.53. The fourth-order valence-electron chi connectivity index (χ4n) is 4.74. The number of benzene rings is 4. The summed E-state index contributed by atoms with van der Waals surface area (Å²) in [6.45, 7) is 3.64. The van der Waals surface area contributed by atoms with Crippen molar-refractivity contribution >= 4 is 50.7 Å². The fraction of sp³-hybridized carbons (Fsp3) is 0.212. The normalized spacial score (nSPS) is 11.9. The van der Waals surface area contributed by atoms with E-state index >= 15 is 0 Å². The summed E-state index contributed by atoms with van der Waals surface area (Å²) >= 11 is 12.4. The molecular weight excluding hydrogens is 605 g/mol. The predicted molar refractivity (Wildman–Crippen MR) is 172 cm³/mol. The van der Waals surface area contributed by atoms with Crippen LogP contribution in [0.1, 0.15) is 23.6 Å². The zero-order valence-electron chi connectivity index (χ0n) is 23.9. The number of nitrogens with one attached hydrogen (secondary N) is 1. The highest BCUT2D eigenvalue weighted by Crippen LogP contribution is 2.31. The minimum Gasteiger partial charge on any atom is -0.355 e. The van der Waals surface area contributed by atoms with Gasteiger partial charge < -0.3 is 10.2 Å². The molecule has 0 saturated carbocycles. The Labute approximate surface area is 263 Å². The Morgan fingerprint density at radius 2 is 1.47 bits per heavy atom. The first-order chi connectivity index (χ1) is 20.6. The highest BCUT2D eigenvalue weighted by molar-refractivity contribution is 7.92. The van der Waals surface area contributed by atoms with E-state index in [2.05, 4.69) is 5.32 Å². The van der Waals surface area contributed by atoms with Crippen molar-refractivity contribution in [3.8, 4) is 0 Å². The van der Waals surface area contributed by atoms with Gasteiger partial charge in [0.1, 0.15) is 12.6 Å². The smallest absolute Gasteiger partial charge is 0.264 e. The Morgan fingerprint density at radius 1 is 0.814 bits per heavy atom. The first-order valence-electron chi connectivity index (χ1n) is 13.8. The van der Waals surface area contributed by atoms with Gasteiger partial charge in [-0.25, -0.2) is 8.42 Å². The molecule has 2 amide bonds. The Balaban J connectivity index is 1.81. The maximum absolute atomic E-state index is 14.4. The number of anilines is 1. The minimum atomic E-state index is -4.22. The molecule has 0 aliphatic heterocycles. The zero-order valence-corrected chi connectivity index (χ0v) is 26.2. The highest BCUT2D eigenvalue weighted by Gasteiger charge is 2.34. The molecule has 1 N–H and O–H groups in total. The number of carbonyl (C=O) groups excluding carboxylic acids is 2. The summed E-state index contributed by atoms with van der Waals surface area (Å²) in [5.41, 5.74) is 2.83. The van der Waals surface area contributed by atoms with Gasteiger partial charge in [0.2, 0.25) is 11.8 Å². The van der Waals surface area contributed by atoms with Crippen molar-refractivity contribution in [3.63, 3.8) is 0 Å². The van der Waals surface area contributed by atoms with E-state index in [-0.39, 0.29) is 39.5 Å². The monoisotopic (exact) mass is 637 g/mol. The third-order valence-electron chi connectivity index (χ3n) is 6.86. The highest BCUT2D eigenvalue weighted by atomic mass is 35.5. The molecule has 0 saturated heterocycles. The molecule has 0 radical (unpaired) electrons. The number of amides is 2. The Morgan fingerprint density at radius 3 is 2.09 bits per heavy atom. The molecule has 4 aromatic rings. The lowest BCUT2D eigenvalue weighted by atomic mass is 10.0. The van der Waals surface area contributed by atoms with Gasteiger partial charge in [0, 0.05) is 19.5 Å². The summed E-state index contributed by atoms with van der Waals surface area (Å²) in [6.07, 6.45) is 0.239. The van der Waals surface area contributed by atoms with Crippen LogP contribution in [0.4, 0.5) is 5.69 Å². The van der Waals surface area contributed by atoms with Gasteiger partial charge >= 0.3 is 0 Å². The van der Waals surface area contributed by atoms with Crippen LogP contribution < -0.4 is 9.62 Å². The molecule has 0 aliphatic carbocycles. The van der Waals surface area contributed by atoms with E-state index in [0.29, 0.717) is 6.54 Å². The fourth-order valence-corrected chi connectivity index (χ4v) is 6.46. The van der Waals surface area contributed by atoms with Crippen LogP contribution in [0.2, 0.25) is 10.0 Å². The summed E-state index contributed by atoms with van der Waals surface area (Å²) in [7, 11) is -4.22. The number of rotatable bonds is 12. The molecule has 0 aromatic heterocycles. The molecular formula is C33H33Cl2N3O4S. The summed E-state index contributed by atoms with van der Waals surface area (Å²) in [5.74, 6) is -0.890. The molecule has 0 unspecified atom stereocenters. The second-order valence-electron chi connectivity index (χ2n) is 10.0. The maximum Gasteiger partial charge on any atom is 0.264 e. The second kappa shape index (κ2) is 14.6. The standard InChI is InChI=1S/C33H33Cl2N3O4S/c1-3-36-33(40)31(20-25-12-6-4-7-13-25)37(22-26-14-10-11-24(2)19-26)32(39)23-38(27-17-18-29(34)30(35)21-27)43(41,42)28-15-8-5-9-16-28/h4-19,21,31H,3,20,22-23H2,1-2H3,(H,36,40)/t31-/m0/s1. The van der Waals surface area contributed by atoms with Gasteiger partial charge in [-0.1, -0.05) is 102 Å². The van der Waals surface area contributed by atoms with Gasteiger partial charge in [-0.2, -0.15) is 0 Å². The maximum atomic E-state index is 14.4. The number of hydrogen-bond donors (Lipinski definition) is 1. The number of nitrogens with zero attached hydrogens (tertiary/aromatic N) is 2. The first-order valence-corrected chi connectivity index (χ1v) is 16.0. The van der Waals surface area contributed by atoms with E-state index in [1.54, 1.807) is 18.2 Å². The topological polar surface area (TPSA) is 86.8 Å². The number of hydrogen-bond acceptors (Lipinski definition) is 4. The number of aryl methyl sites for hydroxylation is 1. The molecule has 0 heterocycles. The van der Waals surface area contributed by atoms with Gasteiger partial charge in [0.25, 0.3) is 10.0 Å². The third kappa shape index (κ3) is 8.16. The molecule has 7 nitrogen and oxygen atoms in total. The van der Waals surface area contributed by atoms with Crippen LogP contribution >= 0.6 is 23.2 Å². The van der Waals surface area contributed by atoms with Crippen LogP contribution in [0.25, 0.3) is 0 Å². The number of sulfonamides is 1. The van der Waals surface area contributed by atoms with E-state index in [0.717, 1.165) is 21.0 Å². The molecule has 10 heteroatoms. The Bertz CT molecular complexity index is 1670. The van der Waals surface area contributed by atoms with E-state index in [4.69, 9.17) is 23.2 Å². The van der Waals surface area contributed by atoms with Gasteiger partial charge in [-0.15, -0.1) is 0 Å². The molecule has 4 aromatic carbocycles. The molecule has 0 spiro atoms. The van der Waals surface area contributed by atoms with Crippen LogP contribution in [0.5, 0.6) is 0 Å². The molecule has 0 bridgehead atoms. The van der Waals surface area contributed by atoms with Gasteiger partial charge in [0.15, 0.2) is 0 Å². The van der Waals surface area contributed by atoms with Crippen molar-refractivity contribution in [2.45, 2.75) is 37.8 Å². The Kier molecular flexibility index (Phi) is 10.9. The molecule has 43 heavy (non-hydrogen) atoms. The van der Waals surface area contributed by atoms with Crippen LogP contribution in [-0.2, 0) is 32.6 Å². The molecule has 224 valence electrons. The first kappa shape index (κ1) is 32.1. The lowest BCUT2D eigenvalue weighted by molar-refractivity contribution is -0.140. The SMILES string of the molecule is CCNC(=O)[C@H](Cc1ccccc1)N(Cc1cccc(C)c1)C(=O)CN(c1ccc(Cl)c(Cl)c1)S(=O)(=O)c1ccccc1. The van der Waals surface area contributed by atoms with Crippen LogP contribution in [0.3, 0.4) is 0 Å². The van der Waals surface area contributed by atoms with Crippen molar-refractivity contribution in [2.24, 2.45) is 0 Å². The van der Waals surface area contributed by atoms with E-state index in [1.807, 2.05) is 68.4 Å². The minimum absolute atomic E-state index is 0.00340. The van der Waals surface area contributed by atoms with Gasteiger partial charge in [-0.05, 0) is 55.3 Å². The van der Waals surface area contributed by atoms with Crippen molar-refractivity contribution in [3.05, 3.63) is 130 Å². The number of carbonyl (C=O) groups is 2. The average Bonchev–Trinajstić information content (AvgIpc) is 3.00. The van der Waals surface area contributed by atoms with Gasteiger partial charge in [-0.3, -0.25) is 13.9 Å². The van der Waals surface area contributed by atoms with E-state index in [1.165, 1.54) is 35.2 Å². The second-order valence-corrected chi connectivity index (χ2v) is 12.7. The average molecular weight is 639 g/mol. The van der Waals surface area contributed by atoms with Crippen molar-refractivity contribution < 1.29 is 18.0 Å². The largest absolute Gasteiger partial charge is 0.355 e. The summed E-state index contributed by atoms with van der Waals surface area (Å²) in [4.78, 5) is 29.4. The summed E-state index contributed by atoms with van der Waals surface area (Å²) in [6, 6.07) is 28.4.